The molecule has 0 unspecified atom stereocenters. The first-order valence-electron chi connectivity index (χ1n) is 9.62. The van der Waals surface area contributed by atoms with E-state index in [0.29, 0.717) is 0 Å². The molecule has 2 aromatic carbocycles. The van der Waals surface area contributed by atoms with Gasteiger partial charge in [0.05, 0.1) is 5.56 Å². The molecule has 7 nitrogen and oxygen atoms in total. The number of aliphatic hydroxyl groups excluding tert-OH is 1. The summed E-state index contributed by atoms with van der Waals surface area (Å²) < 4.78 is 18.7. The van der Waals surface area contributed by atoms with E-state index < -0.39 is 17.1 Å². The molecule has 4 aromatic rings. The van der Waals surface area contributed by atoms with Gasteiger partial charge in [-0.25, -0.2) is 14.2 Å². The Hall–Kier alpha value is -3.52. The first kappa shape index (κ1) is 19.8. The number of rotatable bonds is 6. The summed E-state index contributed by atoms with van der Waals surface area (Å²) in [6.07, 6.45) is 0.271. The molecule has 2 aromatic heterocycles. The number of hydrogen-bond donors (Lipinski definition) is 1. The summed E-state index contributed by atoms with van der Waals surface area (Å²) in [6.45, 7) is 0.231. The molecule has 0 aliphatic rings. The van der Waals surface area contributed by atoms with E-state index in [4.69, 9.17) is 5.11 Å². The van der Waals surface area contributed by atoms with Crippen LogP contribution in [0, 0.1) is 5.82 Å². The van der Waals surface area contributed by atoms with Crippen LogP contribution in [0.4, 0.5) is 4.39 Å². The van der Waals surface area contributed by atoms with Crippen molar-refractivity contribution in [3.05, 3.63) is 86.8 Å². The van der Waals surface area contributed by atoms with Gasteiger partial charge in [-0.05, 0) is 24.1 Å². The maximum Gasteiger partial charge on any atom is 0.332 e. The predicted molar refractivity (Wildman–Crippen MR) is 112 cm³/mol. The van der Waals surface area contributed by atoms with E-state index in [1.165, 1.54) is 17.7 Å². The number of aliphatic hydroxyl groups is 1. The molecule has 0 saturated carbocycles. The summed E-state index contributed by atoms with van der Waals surface area (Å²) in [5.74, 6) is -0.188. The minimum absolute atomic E-state index is 0.0868. The summed E-state index contributed by atoms with van der Waals surface area (Å²) in [4.78, 5) is 30.5. The van der Waals surface area contributed by atoms with E-state index >= 15 is 0 Å². The van der Waals surface area contributed by atoms with Crippen LogP contribution in [0.15, 0.2) is 64.2 Å². The van der Waals surface area contributed by atoms with Crippen molar-refractivity contribution >= 4 is 11.2 Å². The van der Waals surface area contributed by atoms with Gasteiger partial charge in [-0.3, -0.25) is 13.9 Å². The fraction of sp³-hybridized carbons (Fsp3) is 0.227. The molecule has 0 amide bonds. The molecular weight excluding hydrogens is 387 g/mol. The molecule has 0 atom stereocenters. The monoisotopic (exact) mass is 408 g/mol. The van der Waals surface area contributed by atoms with Gasteiger partial charge in [-0.2, -0.15) is 0 Å². The number of benzene rings is 2. The van der Waals surface area contributed by atoms with Crippen LogP contribution in [-0.2, 0) is 20.1 Å². The molecular formula is C22H21FN4O3. The second-order valence-corrected chi connectivity index (χ2v) is 7.03. The predicted octanol–water partition coefficient (Wildman–Crippen LogP) is 2.13. The summed E-state index contributed by atoms with van der Waals surface area (Å²) in [7, 11) is 1.53. The van der Waals surface area contributed by atoms with Crippen LogP contribution in [0.1, 0.15) is 12.0 Å². The number of fused-ring (bicyclic) bond motifs is 1. The van der Waals surface area contributed by atoms with Crippen molar-refractivity contribution in [2.24, 2.45) is 7.05 Å². The third kappa shape index (κ3) is 3.35. The first-order chi connectivity index (χ1) is 14.5. The topological polar surface area (TPSA) is 82.0 Å². The lowest BCUT2D eigenvalue weighted by Gasteiger charge is -2.11. The molecule has 0 bridgehead atoms. The summed E-state index contributed by atoms with van der Waals surface area (Å²) in [5.41, 5.74) is 0.539. The third-order valence-corrected chi connectivity index (χ3v) is 5.07. The van der Waals surface area contributed by atoms with Gasteiger partial charge >= 0.3 is 5.69 Å². The minimum atomic E-state index is -0.523. The van der Waals surface area contributed by atoms with Crippen molar-refractivity contribution in [1.82, 2.24) is 18.7 Å². The fourth-order valence-corrected chi connectivity index (χ4v) is 3.57. The Balaban J connectivity index is 2.06. The molecule has 0 spiro atoms. The lowest BCUT2D eigenvalue weighted by atomic mass is 10.2. The van der Waals surface area contributed by atoms with Crippen molar-refractivity contribution in [2.75, 3.05) is 6.61 Å². The van der Waals surface area contributed by atoms with Crippen LogP contribution in [0.3, 0.4) is 0 Å². The molecule has 154 valence electrons. The van der Waals surface area contributed by atoms with Gasteiger partial charge in [0.1, 0.15) is 11.6 Å². The van der Waals surface area contributed by atoms with Gasteiger partial charge in [0.2, 0.25) is 0 Å². The minimum Gasteiger partial charge on any atom is -0.396 e. The molecule has 30 heavy (non-hydrogen) atoms. The Bertz CT molecular complexity index is 1320. The van der Waals surface area contributed by atoms with E-state index in [1.54, 1.807) is 22.8 Å². The molecule has 8 heteroatoms. The second-order valence-electron chi connectivity index (χ2n) is 7.03. The number of nitrogens with zero attached hydrogens (tertiary/aromatic N) is 4. The highest BCUT2D eigenvalue weighted by molar-refractivity contribution is 5.77. The van der Waals surface area contributed by atoms with Gasteiger partial charge in [0.15, 0.2) is 11.2 Å². The van der Waals surface area contributed by atoms with Crippen molar-refractivity contribution in [3.8, 4) is 11.4 Å². The van der Waals surface area contributed by atoms with E-state index in [2.05, 4.69) is 4.98 Å². The zero-order valence-corrected chi connectivity index (χ0v) is 16.5. The maximum absolute atomic E-state index is 14.6. The van der Waals surface area contributed by atoms with Gasteiger partial charge < -0.3 is 9.67 Å². The second kappa shape index (κ2) is 8.08. The number of imidazole rings is 1. The third-order valence-electron chi connectivity index (χ3n) is 5.07. The lowest BCUT2D eigenvalue weighted by Crippen LogP contribution is -2.39. The number of hydrogen-bond acceptors (Lipinski definition) is 4. The van der Waals surface area contributed by atoms with Crippen LogP contribution < -0.4 is 11.2 Å². The molecule has 0 fully saturated rings. The quantitative estimate of drug-likeness (QED) is 0.530. The summed E-state index contributed by atoms with van der Waals surface area (Å²) in [6, 6.07) is 15.7. The standard InChI is InChI=1S/C22H21FN4O3/c1-25-20-18(21(29)26(22(25)30)12-7-13-28)27(14-15-8-3-2-4-9-15)19(24-20)16-10-5-6-11-17(16)23/h2-6,8-11,28H,7,12-14H2,1H3. The Morgan fingerprint density at radius 2 is 1.70 bits per heavy atom. The van der Waals surface area contributed by atoms with Crippen molar-refractivity contribution in [2.45, 2.75) is 19.5 Å². The largest absolute Gasteiger partial charge is 0.396 e. The maximum atomic E-state index is 14.6. The molecule has 2 heterocycles. The van der Waals surface area contributed by atoms with Gasteiger partial charge in [0, 0.05) is 26.7 Å². The molecule has 0 saturated heterocycles. The smallest absolute Gasteiger partial charge is 0.332 e. The Labute approximate surface area is 171 Å². The van der Waals surface area contributed by atoms with Crippen LogP contribution in [-0.4, -0.2) is 30.4 Å². The zero-order chi connectivity index (χ0) is 21.3. The van der Waals surface area contributed by atoms with E-state index in [-0.39, 0.29) is 48.7 Å². The summed E-state index contributed by atoms with van der Waals surface area (Å²) >= 11 is 0. The molecule has 0 radical (unpaired) electrons. The Morgan fingerprint density at radius 3 is 2.40 bits per heavy atom. The normalized spacial score (nSPS) is 11.3. The van der Waals surface area contributed by atoms with Crippen LogP contribution in [0.5, 0.6) is 0 Å². The van der Waals surface area contributed by atoms with Crippen LogP contribution in [0.25, 0.3) is 22.6 Å². The van der Waals surface area contributed by atoms with E-state index in [9.17, 15) is 14.0 Å². The van der Waals surface area contributed by atoms with Gasteiger partial charge in [-0.15, -0.1) is 0 Å². The molecule has 0 aliphatic heterocycles. The zero-order valence-electron chi connectivity index (χ0n) is 16.5. The first-order valence-corrected chi connectivity index (χ1v) is 9.62. The average Bonchev–Trinajstić information content (AvgIpc) is 3.12. The molecule has 0 aliphatic carbocycles. The van der Waals surface area contributed by atoms with Crippen molar-refractivity contribution < 1.29 is 9.50 Å². The number of aromatic nitrogens is 4. The summed E-state index contributed by atoms with van der Waals surface area (Å²) in [5, 5.41) is 9.14. The highest BCUT2D eigenvalue weighted by Crippen LogP contribution is 2.26. The number of aryl methyl sites for hydroxylation is 1. The highest BCUT2D eigenvalue weighted by Gasteiger charge is 2.22. The van der Waals surface area contributed by atoms with Crippen LogP contribution >= 0.6 is 0 Å². The van der Waals surface area contributed by atoms with E-state index in [0.717, 1.165) is 10.1 Å². The van der Waals surface area contributed by atoms with Crippen molar-refractivity contribution in [3.63, 3.8) is 0 Å². The number of halogens is 1. The van der Waals surface area contributed by atoms with Crippen molar-refractivity contribution in [1.29, 1.82) is 0 Å². The Morgan fingerprint density at radius 1 is 1.00 bits per heavy atom. The average molecular weight is 408 g/mol. The highest BCUT2D eigenvalue weighted by atomic mass is 19.1. The molecule has 1 N–H and O–H groups in total. The van der Waals surface area contributed by atoms with Gasteiger partial charge in [0.25, 0.3) is 5.56 Å². The molecule has 4 rings (SSSR count). The van der Waals surface area contributed by atoms with Gasteiger partial charge in [-0.1, -0.05) is 42.5 Å². The SMILES string of the molecule is Cn1c(=O)n(CCCO)c(=O)c2c1nc(-c1ccccc1F)n2Cc1ccccc1. The van der Waals surface area contributed by atoms with Crippen LogP contribution in [0.2, 0.25) is 0 Å². The van der Waals surface area contributed by atoms with E-state index in [1.807, 2.05) is 30.3 Å². The fourth-order valence-electron chi connectivity index (χ4n) is 3.57. The Kier molecular flexibility index (Phi) is 5.33. The lowest BCUT2D eigenvalue weighted by molar-refractivity contribution is 0.277.